The van der Waals surface area contributed by atoms with Crippen LogP contribution in [0.2, 0.25) is 0 Å². The number of anilines is 2. The Kier molecular flexibility index (Phi) is 4.87. The van der Waals surface area contributed by atoms with E-state index in [1.54, 1.807) is 49.2 Å². The highest BCUT2D eigenvalue weighted by Gasteiger charge is 2.62. The number of Topliss-reactive ketones (excluding diaryl/α,β-unsaturated/α-hetero) is 1. The van der Waals surface area contributed by atoms with Crippen molar-refractivity contribution in [2.75, 3.05) is 16.8 Å². The van der Waals surface area contributed by atoms with E-state index in [1.807, 2.05) is 13.8 Å². The molecule has 2 heterocycles. The number of amides is 1. The number of aryl methyl sites for hydroxylation is 1. The van der Waals surface area contributed by atoms with Gasteiger partial charge in [-0.1, -0.05) is 38.1 Å². The van der Waals surface area contributed by atoms with Gasteiger partial charge in [0.1, 0.15) is 17.3 Å². The lowest BCUT2D eigenvalue weighted by Gasteiger charge is -2.47. The van der Waals surface area contributed by atoms with Crippen LogP contribution in [0.15, 0.2) is 65.1 Å². The Balaban J connectivity index is 1.93. The van der Waals surface area contributed by atoms with Crippen LogP contribution in [0.5, 0.6) is 0 Å². The summed E-state index contributed by atoms with van der Waals surface area (Å²) in [7, 11) is 1.62. The first-order valence-corrected chi connectivity index (χ1v) is 11.6. The Labute approximate surface area is 208 Å². The number of fused-ring (bicyclic) bond motifs is 3. The Bertz CT molecular complexity index is 1500. The summed E-state index contributed by atoms with van der Waals surface area (Å²) in [6.45, 7) is 5.69. The number of nitrogens with zero attached hydrogens (tertiary/aromatic N) is 4. The Morgan fingerprint density at radius 3 is 2.47 bits per heavy atom. The second kappa shape index (κ2) is 7.52. The molecule has 0 saturated heterocycles. The van der Waals surface area contributed by atoms with Crippen molar-refractivity contribution in [1.82, 2.24) is 0 Å². The number of benzene rings is 2. The van der Waals surface area contributed by atoms with Crippen LogP contribution in [0.25, 0.3) is 0 Å². The molecule has 1 unspecified atom stereocenters. The molecule has 2 aliphatic heterocycles. The highest BCUT2D eigenvalue weighted by atomic mass is 16.6. The number of allylic oxidation sites excluding steroid dienone is 1. The maximum Gasteiger partial charge on any atom is 0.271 e. The van der Waals surface area contributed by atoms with Crippen molar-refractivity contribution in [3.8, 4) is 6.07 Å². The topological polar surface area (TPSA) is 134 Å². The number of nitriles is 1. The normalized spacial score (nSPS) is 22.6. The predicted octanol–water partition coefficient (Wildman–Crippen LogP) is 3.97. The van der Waals surface area contributed by atoms with Gasteiger partial charge in [0, 0.05) is 48.1 Å². The molecule has 0 radical (unpaired) electrons. The fourth-order valence-electron chi connectivity index (χ4n) is 5.89. The molecule has 1 aliphatic carbocycles. The molecule has 9 nitrogen and oxygen atoms in total. The van der Waals surface area contributed by atoms with Crippen molar-refractivity contribution in [3.05, 3.63) is 86.4 Å². The zero-order valence-electron chi connectivity index (χ0n) is 20.5. The number of ketones is 1. The van der Waals surface area contributed by atoms with Gasteiger partial charge in [-0.3, -0.25) is 24.6 Å². The standard InChI is InChI=1S/C27H25N5O4/c1-15-9-10-16(32(35)36)11-20(15)31-21-12-26(2,3)13-22(33)23(21)27(18(14-28)24(31)29)17-7-5-6-8-19(17)30(4)25(27)34/h5-11H,12-13,29H2,1-4H3. The summed E-state index contributed by atoms with van der Waals surface area (Å²) in [5.74, 6) is -0.670. The van der Waals surface area contributed by atoms with E-state index in [9.17, 15) is 25.0 Å². The third kappa shape index (κ3) is 2.87. The lowest BCUT2D eigenvalue weighted by atomic mass is 9.60. The number of non-ortho nitro benzene ring substituents is 1. The van der Waals surface area contributed by atoms with E-state index < -0.39 is 21.7 Å². The number of carbonyl (C=O) groups is 2. The molecule has 0 bridgehead atoms. The quantitative estimate of drug-likeness (QED) is 0.504. The molecule has 36 heavy (non-hydrogen) atoms. The summed E-state index contributed by atoms with van der Waals surface area (Å²) in [5, 5.41) is 22.0. The average molecular weight is 484 g/mol. The minimum absolute atomic E-state index is 0.0104. The third-order valence-corrected chi connectivity index (χ3v) is 7.42. The van der Waals surface area contributed by atoms with Crippen LogP contribution in [-0.4, -0.2) is 23.7 Å². The number of carbonyl (C=O) groups excluding carboxylic acids is 2. The first-order valence-electron chi connectivity index (χ1n) is 11.6. The van der Waals surface area contributed by atoms with Crippen LogP contribution in [0.3, 0.4) is 0 Å². The molecule has 0 fully saturated rings. The Morgan fingerprint density at radius 2 is 1.81 bits per heavy atom. The summed E-state index contributed by atoms with van der Waals surface area (Å²) >= 11 is 0. The molecular weight excluding hydrogens is 458 g/mol. The number of hydrogen-bond donors (Lipinski definition) is 1. The molecule has 2 aromatic rings. The Hall–Kier alpha value is -4.45. The molecule has 182 valence electrons. The van der Waals surface area contributed by atoms with Gasteiger partial charge in [-0.25, -0.2) is 0 Å². The number of likely N-dealkylation sites (N-methyl/N-ethyl adjacent to an activating group) is 1. The molecule has 2 aromatic carbocycles. The minimum atomic E-state index is -1.67. The van der Waals surface area contributed by atoms with E-state index in [-0.39, 0.29) is 34.9 Å². The van der Waals surface area contributed by atoms with E-state index in [2.05, 4.69) is 6.07 Å². The second-order valence-corrected chi connectivity index (χ2v) is 10.3. The van der Waals surface area contributed by atoms with Crippen molar-refractivity contribution in [2.24, 2.45) is 11.1 Å². The predicted molar refractivity (Wildman–Crippen MR) is 134 cm³/mol. The fraction of sp³-hybridized carbons (Fsp3) is 0.296. The first-order chi connectivity index (χ1) is 17.0. The number of nitrogens with two attached hydrogens (primary N) is 1. The molecule has 1 spiro atoms. The summed E-state index contributed by atoms with van der Waals surface area (Å²) in [4.78, 5) is 42.1. The molecule has 1 atom stereocenters. The van der Waals surface area contributed by atoms with Gasteiger partial charge >= 0.3 is 0 Å². The van der Waals surface area contributed by atoms with Crippen molar-refractivity contribution in [3.63, 3.8) is 0 Å². The number of nitro groups is 1. The van der Waals surface area contributed by atoms with Gasteiger partial charge in [-0.15, -0.1) is 0 Å². The van der Waals surface area contributed by atoms with Crippen molar-refractivity contribution >= 4 is 28.8 Å². The molecule has 0 aromatic heterocycles. The van der Waals surface area contributed by atoms with Crippen molar-refractivity contribution in [2.45, 2.75) is 39.0 Å². The van der Waals surface area contributed by atoms with Gasteiger partial charge in [0.15, 0.2) is 5.78 Å². The average Bonchev–Trinajstić information content (AvgIpc) is 3.02. The maximum atomic E-state index is 14.1. The number of rotatable bonds is 2. The molecule has 2 N–H and O–H groups in total. The zero-order valence-corrected chi connectivity index (χ0v) is 20.5. The van der Waals surface area contributed by atoms with E-state index in [4.69, 9.17) is 5.73 Å². The molecule has 9 heteroatoms. The van der Waals surface area contributed by atoms with Crippen LogP contribution < -0.4 is 15.5 Å². The zero-order chi connectivity index (χ0) is 26.2. The summed E-state index contributed by atoms with van der Waals surface area (Å²) in [5.41, 5.74) is 7.32. The van der Waals surface area contributed by atoms with E-state index in [0.29, 0.717) is 34.6 Å². The second-order valence-electron chi connectivity index (χ2n) is 10.3. The van der Waals surface area contributed by atoms with Gasteiger partial charge in [0.2, 0.25) is 5.91 Å². The van der Waals surface area contributed by atoms with Gasteiger partial charge in [0.25, 0.3) is 5.69 Å². The molecule has 0 saturated carbocycles. The number of hydrogen-bond acceptors (Lipinski definition) is 7. The maximum absolute atomic E-state index is 14.1. The van der Waals surface area contributed by atoms with Gasteiger partial charge in [0.05, 0.1) is 16.2 Å². The van der Waals surface area contributed by atoms with E-state index in [0.717, 1.165) is 0 Å². The highest BCUT2D eigenvalue weighted by molar-refractivity contribution is 6.20. The summed E-state index contributed by atoms with van der Waals surface area (Å²) < 4.78 is 0. The van der Waals surface area contributed by atoms with Gasteiger partial charge in [-0.2, -0.15) is 5.26 Å². The lowest BCUT2D eigenvalue weighted by Crippen LogP contribution is -2.53. The van der Waals surface area contributed by atoms with Crippen LogP contribution in [0, 0.1) is 33.8 Å². The fourth-order valence-corrected chi connectivity index (χ4v) is 5.89. The third-order valence-electron chi connectivity index (χ3n) is 7.42. The smallest absolute Gasteiger partial charge is 0.271 e. The number of nitro benzene ring substituents is 1. The Morgan fingerprint density at radius 1 is 1.11 bits per heavy atom. The summed E-state index contributed by atoms with van der Waals surface area (Å²) in [6.07, 6.45) is 0.573. The first kappa shape index (κ1) is 23.3. The van der Waals surface area contributed by atoms with Crippen LogP contribution in [0.4, 0.5) is 17.1 Å². The monoisotopic (exact) mass is 483 g/mol. The van der Waals surface area contributed by atoms with Gasteiger partial charge < -0.3 is 10.6 Å². The SMILES string of the molecule is Cc1ccc([N+](=O)[O-])cc1N1C(N)=C(C#N)C2(C(=O)N(C)c3ccccc32)C2=C1CC(C)(C)CC2=O. The van der Waals surface area contributed by atoms with Crippen LogP contribution in [-0.2, 0) is 15.0 Å². The molecule has 3 aliphatic rings. The van der Waals surface area contributed by atoms with E-state index >= 15 is 0 Å². The van der Waals surface area contributed by atoms with Crippen LogP contribution in [0.1, 0.15) is 37.8 Å². The highest BCUT2D eigenvalue weighted by Crippen LogP contribution is 2.58. The molecule has 1 amide bonds. The van der Waals surface area contributed by atoms with Crippen molar-refractivity contribution < 1.29 is 14.5 Å². The number of para-hydroxylation sites is 1. The molecular formula is C27H25N5O4. The lowest BCUT2D eigenvalue weighted by molar-refractivity contribution is -0.384. The summed E-state index contributed by atoms with van der Waals surface area (Å²) in [6, 6.07) is 13.7. The molecule has 5 rings (SSSR count). The minimum Gasteiger partial charge on any atom is -0.384 e. The van der Waals surface area contributed by atoms with Crippen LogP contribution >= 0.6 is 0 Å². The van der Waals surface area contributed by atoms with E-state index in [1.165, 1.54) is 17.0 Å². The largest absolute Gasteiger partial charge is 0.384 e. The van der Waals surface area contributed by atoms with Gasteiger partial charge in [-0.05, 0) is 30.4 Å². The van der Waals surface area contributed by atoms with Crippen molar-refractivity contribution in [1.29, 1.82) is 5.26 Å².